The molecule has 0 aliphatic carbocycles. The first kappa shape index (κ1) is 14.7. The highest BCUT2D eigenvalue weighted by Crippen LogP contribution is 2.25. The molecule has 0 saturated heterocycles. The van der Waals surface area contributed by atoms with Gasteiger partial charge in [-0.15, -0.1) is 0 Å². The third kappa shape index (κ3) is 2.60. The van der Waals surface area contributed by atoms with Gasteiger partial charge < -0.3 is 10.3 Å². The minimum Gasteiger partial charge on any atom is -0.350 e. The minimum atomic E-state index is -0.142. The van der Waals surface area contributed by atoms with E-state index in [1.54, 1.807) is 6.07 Å². The number of amides is 1. The van der Waals surface area contributed by atoms with E-state index < -0.39 is 0 Å². The van der Waals surface area contributed by atoms with E-state index in [4.69, 9.17) is 11.6 Å². The van der Waals surface area contributed by atoms with Crippen molar-refractivity contribution in [1.82, 2.24) is 4.98 Å². The summed E-state index contributed by atoms with van der Waals surface area (Å²) in [6.45, 7) is 5.92. The van der Waals surface area contributed by atoms with Crippen LogP contribution in [0.2, 0.25) is 5.02 Å². The molecule has 1 heterocycles. The van der Waals surface area contributed by atoms with Gasteiger partial charge >= 0.3 is 0 Å². The summed E-state index contributed by atoms with van der Waals surface area (Å²) in [5.74, 6) is -0.142. The van der Waals surface area contributed by atoms with Crippen LogP contribution in [0.3, 0.4) is 0 Å². The second-order valence-electron chi connectivity index (χ2n) is 5.59. The predicted molar refractivity (Wildman–Crippen MR) is 91.9 cm³/mol. The minimum absolute atomic E-state index is 0.142. The fourth-order valence-electron chi connectivity index (χ4n) is 2.62. The number of aryl methyl sites for hydroxylation is 3. The van der Waals surface area contributed by atoms with Gasteiger partial charge in [0.05, 0.1) is 0 Å². The summed E-state index contributed by atoms with van der Waals surface area (Å²) in [6, 6.07) is 11.5. The highest BCUT2D eigenvalue weighted by Gasteiger charge is 2.15. The quantitative estimate of drug-likeness (QED) is 0.687. The number of anilines is 1. The molecule has 0 fully saturated rings. The number of rotatable bonds is 2. The Morgan fingerprint density at radius 3 is 2.59 bits per heavy atom. The number of benzene rings is 2. The third-order valence-electron chi connectivity index (χ3n) is 3.88. The number of carbonyl (C=O) groups excluding carboxylic acids is 1. The highest BCUT2D eigenvalue weighted by molar-refractivity contribution is 6.30. The molecule has 1 aromatic heterocycles. The van der Waals surface area contributed by atoms with Gasteiger partial charge in [-0.2, -0.15) is 0 Å². The van der Waals surface area contributed by atoms with Crippen molar-refractivity contribution in [2.75, 3.05) is 5.32 Å². The Labute approximate surface area is 134 Å². The molecule has 0 atom stereocenters. The fourth-order valence-corrected chi connectivity index (χ4v) is 2.85. The van der Waals surface area contributed by atoms with Crippen LogP contribution in [0, 0.1) is 20.8 Å². The van der Waals surface area contributed by atoms with Crippen molar-refractivity contribution >= 4 is 34.1 Å². The van der Waals surface area contributed by atoms with Crippen LogP contribution >= 0.6 is 11.6 Å². The van der Waals surface area contributed by atoms with Crippen LogP contribution in [0.1, 0.15) is 27.2 Å². The standard InChI is InChI=1S/C18H17ClN2O/c1-10-4-6-16-14(8-10)12(3)17(20-16)18(22)21-15-7-5-13(19)9-11(15)2/h4-9,20H,1-3H3,(H,21,22). The van der Waals surface area contributed by atoms with Crippen LogP contribution in [-0.2, 0) is 0 Å². The van der Waals surface area contributed by atoms with E-state index in [-0.39, 0.29) is 5.91 Å². The number of halogens is 1. The molecule has 0 spiro atoms. The number of hydrogen-bond donors (Lipinski definition) is 2. The monoisotopic (exact) mass is 312 g/mol. The number of aromatic amines is 1. The van der Waals surface area contributed by atoms with Crippen molar-refractivity contribution in [2.45, 2.75) is 20.8 Å². The molecule has 3 nitrogen and oxygen atoms in total. The maximum Gasteiger partial charge on any atom is 0.272 e. The average molecular weight is 313 g/mol. The summed E-state index contributed by atoms with van der Waals surface area (Å²) in [5.41, 5.74) is 5.41. The van der Waals surface area contributed by atoms with Gasteiger partial charge in [-0.05, 0) is 62.2 Å². The van der Waals surface area contributed by atoms with Gasteiger partial charge in [-0.3, -0.25) is 4.79 Å². The molecule has 0 aliphatic heterocycles. The van der Waals surface area contributed by atoms with Crippen molar-refractivity contribution in [3.05, 3.63) is 63.8 Å². The Balaban J connectivity index is 1.97. The molecule has 3 rings (SSSR count). The van der Waals surface area contributed by atoms with E-state index in [2.05, 4.69) is 16.4 Å². The molecule has 112 valence electrons. The van der Waals surface area contributed by atoms with Crippen molar-refractivity contribution in [3.63, 3.8) is 0 Å². The van der Waals surface area contributed by atoms with E-state index in [0.717, 1.165) is 27.7 Å². The summed E-state index contributed by atoms with van der Waals surface area (Å²) in [6.07, 6.45) is 0. The third-order valence-corrected chi connectivity index (χ3v) is 4.11. The smallest absolute Gasteiger partial charge is 0.272 e. The topological polar surface area (TPSA) is 44.9 Å². The second-order valence-corrected chi connectivity index (χ2v) is 6.02. The number of fused-ring (bicyclic) bond motifs is 1. The molecule has 2 aromatic carbocycles. The van der Waals surface area contributed by atoms with Crippen LogP contribution in [0.4, 0.5) is 5.69 Å². The zero-order valence-corrected chi connectivity index (χ0v) is 13.5. The van der Waals surface area contributed by atoms with Crippen LogP contribution < -0.4 is 5.32 Å². The number of H-pyrrole nitrogens is 1. The van der Waals surface area contributed by atoms with Gasteiger partial charge in [0, 0.05) is 21.6 Å². The molecule has 0 aliphatic rings. The first-order valence-corrected chi connectivity index (χ1v) is 7.50. The first-order valence-electron chi connectivity index (χ1n) is 7.12. The van der Waals surface area contributed by atoms with Crippen molar-refractivity contribution in [2.24, 2.45) is 0 Å². The van der Waals surface area contributed by atoms with Gasteiger partial charge in [-0.25, -0.2) is 0 Å². The largest absolute Gasteiger partial charge is 0.350 e. The van der Waals surface area contributed by atoms with E-state index in [9.17, 15) is 4.79 Å². The Morgan fingerprint density at radius 1 is 1.09 bits per heavy atom. The SMILES string of the molecule is Cc1ccc2[nH]c(C(=O)Nc3ccc(Cl)cc3C)c(C)c2c1. The molecule has 2 N–H and O–H groups in total. The Morgan fingerprint density at radius 2 is 1.86 bits per heavy atom. The second kappa shape index (κ2) is 5.50. The molecule has 0 radical (unpaired) electrons. The lowest BCUT2D eigenvalue weighted by Crippen LogP contribution is -2.14. The number of carbonyl (C=O) groups is 1. The zero-order chi connectivity index (χ0) is 15.9. The van der Waals surface area contributed by atoms with Crippen molar-refractivity contribution in [3.8, 4) is 0 Å². The lowest BCUT2D eigenvalue weighted by molar-refractivity contribution is 0.102. The predicted octanol–water partition coefficient (Wildman–Crippen LogP) is 5.00. The van der Waals surface area contributed by atoms with Gasteiger partial charge in [0.1, 0.15) is 5.69 Å². The highest BCUT2D eigenvalue weighted by atomic mass is 35.5. The Hall–Kier alpha value is -2.26. The van der Waals surface area contributed by atoms with Crippen LogP contribution in [0.25, 0.3) is 10.9 Å². The van der Waals surface area contributed by atoms with Gasteiger partial charge in [0.15, 0.2) is 0 Å². The van der Waals surface area contributed by atoms with Crippen LogP contribution in [-0.4, -0.2) is 10.9 Å². The average Bonchev–Trinajstić information content (AvgIpc) is 2.79. The summed E-state index contributed by atoms with van der Waals surface area (Å²) in [4.78, 5) is 15.8. The maximum atomic E-state index is 12.6. The van der Waals surface area contributed by atoms with Crippen molar-refractivity contribution < 1.29 is 4.79 Å². The normalized spacial score (nSPS) is 10.9. The maximum absolute atomic E-state index is 12.6. The molecule has 0 bridgehead atoms. The molecule has 22 heavy (non-hydrogen) atoms. The van der Waals surface area contributed by atoms with Gasteiger partial charge in [0.25, 0.3) is 5.91 Å². The molecule has 0 unspecified atom stereocenters. The lowest BCUT2D eigenvalue weighted by Gasteiger charge is -2.08. The molecular weight excluding hydrogens is 296 g/mol. The van der Waals surface area contributed by atoms with Gasteiger partial charge in [0.2, 0.25) is 0 Å². The molecule has 4 heteroatoms. The summed E-state index contributed by atoms with van der Waals surface area (Å²) < 4.78 is 0. The number of hydrogen-bond acceptors (Lipinski definition) is 1. The summed E-state index contributed by atoms with van der Waals surface area (Å²) in [5, 5.41) is 4.68. The van der Waals surface area contributed by atoms with E-state index >= 15 is 0 Å². The first-order chi connectivity index (χ1) is 10.5. The summed E-state index contributed by atoms with van der Waals surface area (Å²) in [7, 11) is 0. The van der Waals surface area contributed by atoms with Crippen LogP contribution in [0.15, 0.2) is 36.4 Å². The molecule has 1 amide bonds. The molecular formula is C18H17ClN2O. The fraction of sp³-hybridized carbons (Fsp3) is 0.167. The summed E-state index contributed by atoms with van der Waals surface area (Å²) >= 11 is 5.95. The molecule has 0 saturated carbocycles. The number of aromatic nitrogens is 1. The van der Waals surface area contributed by atoms with Gasteiger partial charge in [-0.1, -0.05) is 23.2 Å². The van der Waals surface area contributed by atoms with Crippen LogP contribution in [0.5, 0.6) is 0 Å². The van der Waals surface area contributed by atoms with E-state index in [1.807, 2.05) is 45.0 Å². The van der Waals surface area contributed by atoms with Crippen molar-refractivity contribution in [1.29, 1.82) is 0 Å². The Kier molecular flexibility index (Phi) is 3.67. The van der Waals surface area contributed by atoms with E-state index in [0.29, 0.717) is 10.7 Å². The zero-order valence-electron chi connectivity index (χ0n) is 12.8. The van der Waals surface area contributed by atoms with E-state index in [1.165, 1.54) is 5.56 Å². The molecule has 3 aromatic rings. The lowest BCUT2D eigenvalue weighted by atomic mass is 10.1. The number of nitrogens with one attached hydrogen (secondary N) is 2. The Bertz CT molecular complexity index is 880.